The Morgan fingerprint density at radius 2 is 1.89 bits per heavy atom. The zero-order chi connectivity index (χ0) is 27.1. The molecule has 1 aliphatic rings. The number of nitrogens with one attached hydrogen (secondary N) is 1. The molecule has 0 atom stereocenters. The number of amides is 1. The molecule has 1 fully saturated rings. The molecular formula is C26H26F3N7O2. The monoisotopic (exact) mass is 525 g/mol. The minimum absolute atomic E-state index is 0.113. The van der Waals surface area contributed by atoms with E-state index in [0.29, 0.717) is 34.5 Å². The number of fused-ring (bicyclic) bond motifs is 1. The van der Waals surface area contributed by atoms with E-state index >= 15 is 0 Å². The lowest BCUT2D eigenvalue weighted by atomic mass is 10.0. The van der Waals surface area contributed by atoms with Crippen LogP contribution in [0.2, 0.25) is 0 Å². The molecule has 0 aliphatic heterocycles. The number of hydrogen-bond acceptors (Lipinski definition) is 7. The highest BCUT2D eigenvalue weighted by Crippen LogP contribution is 2.58. The largest absolute Gasteiger partial charge is 0.488 e. The van der Waals surface area contributed by atoms with E-state index in [1.807, 2.05) is 49.3 Å². The third-order valence-electron chi connectivity index (χ3n) is 6.46. The molecule has 198 valence electrons. The molecule has 0 radical (unpaired) electrons. The maximum absolute atomic E-state index is 13.6. The Morgan fingerprint density at radius 3 is 2.55 bits per heavy atom. The maximum atomic E-state index is 13.6. The Morgan fingerprint density at radius 1 is 1.16 bits per heavy atom. The molecule has 3 heterocycles. The van der Waals surface area contributed by atoms with Gasteiger partial charge in [-0.15, -0.1) is 0 Å². The van der Waals surface area contributed by atoms with Gasteiger partial charge < -0.3 is 15.0 Å². The highest BCUT2D eigenvalue weighted by atomic mass is 19.4. The quantitative estimate of drug-likeness (QED) is 0.366. The normalized spacial score (nSPS) is 14.6. The number of rotatable bonds is 8. The van der Waals surface area contributed by atoms with Gasteiger partial charge in [0.15, 0.2) is 11.6 Å². The van der Waals surface area contributed by atoms with Crippen molar-refractivity contribution in [2.45, 2.75) is 19.0 Å². The summed E-state index contributed by atoms with van der Waals surface area (Å²) in [5.74, 6) is -1.14. The van der Waals surface area contributed by atoms with Crippen LogP contribution in [0.1, 0.15) is 12.8 Å². The summed E-state index contributed by atoms with van der Waals surface area (Å²) in [4.78, 5) is 28.0. The Kier molecular flexibility index (Phi) is 6.51. The first kappa shape index (κ1) is 25.6. The lowest BCUT2D eigenvalue weighted by Gasteiger charge is -2.20. The van der Waals surface area contributed by atoms with Crippen molar-refractivity contribution < 1.29 is 22.7 Å². The second-order valence-electron chi connectivity index (χ2n) is 9.54. The van der Waals surface area contributed by atoms with Gasteiger partial charge in [-0.3, -0.25) is 9.48 Å². The Bertz CT molecular complexity index is 1480. The van der Waals surface area contributed by atoms with E-state index in [0.717, 1.165) is 5.56 Å². The number of halogens is 3. The number of aromatic nitrogens is 5. The minimum Gasteiger partial charge on any atom is -0.488 e. The zero-order valence-electron chi connectivity index (χ0n) is 21.1. The number of carbonyl (C=O) groups excluding carboxylic acids is 1. The van der Waals surface area contributed by atoms with Crippen molar-refractivity contribution in [3.63, 3.8) is 0 Å². The molecular weight excluding hydrogens is 499 g/mol. The Labute approximate surface area is 216 Å². The highest BCUT2D eigenvalue weighted by molar-refractivity contribution is 6.00. The van der Waals surface area contributed by atoms with Crippen molar-refractivity contribution in [2.24, 2.45) is 12.5 Å². The van der Waals surface area contributed by atoms with E-state index < -0.39 is 17.5 Å². The number of alkyl halides is 3. The predicted octanol–water partition coefficient (Wildman–Crippen LogP) is 4.31. The van der Waals surface area contributed by atoms with E-state index in [1.54, 1.807) is 24.0 Å². The second kappa shape index (κ2) is 9.67. The van der Waals surface area contributed by atoms with Gasteiger partial charge in [-0.1, -0.05) is 30.3 Å². The smallest absolute Gasteiger partial charge is 0.403 e. The molecule has 9 nitrogen and oxygen atoms in total. The molecule has 5 rings (SSSR count). The van der Waals surface area contributed by atoms with Gasteiger partial charge in [-0.2, -0.15) is 18.3 Å². The standard InChI is InChI=1S/C26H26F3N7O2/c1-35(2)11-12-38-19-13-18-22(32-23(19)33-24(37)25(9-10-25)26(27,28)29)21(31-15-30-18)17-14-36(3)34-20(17)16-7-5-4-6-8-16/h4-8,13-15H,9-12H2,1-3H3,(H,32,33,37). The third-order valence-corrected chi connectivity index (χ3v) is 6.46. The van der Waals surface area contributed by atoms with Crippen molar-refractivity contribution in [1.29, 1.82) is 0 Å². The first-order chi connectivity index (χ1) is 18.1. The van der Waals surface area contributed by atoms with Gasteiger partial charge in [0.1, 0.15) is 35.3 Å². The van der Waals surface area contributed by atoms with Crippen LogP contribution in [0, 0.1) is 5.41 Å². The van der Waals surface area contributed by atoms with Crippen LogP contribution in [-0.2, 0) is 11.8 Å². The molecule has 1 aliphatic carbocycles. The zero-order valence-corrected chi connectivity index (χ0v) is 21.1. The number of nitrogens with zero attached hydrogens (tertiary/aromatic N) is 6. The summed E-state index contributed by atoms with van der Waals surface area (Å²) >= 11 is 0. The topological polar surface area (TPSA) is 98.1 Å². The van der Waals surface area contributed by atoms with Crippen molar-refractivity contribution in [1.82, 2.24) is 29.6 Å². The number of anilines is 1. The number of hydrogen-bond donors (Lipinski definition) is 1. The van der Waals surface area contributed by atoms with E-state index in [4.69, 9.17) is 4.74 Å². The molecule has 12 heteroatoms. The molecule has 0 unspecified atom stereocenters. The molecule has 4 aromatic rings. The van der Waals surface area contributed by atoms with Gasteiger partial charge in [0, 0.05) is 37.0 Å². The van der Waals surface area contributed by atoms with Crippen LogP contribution in [0.4, 0.5) is 19.0 Å². The summed E-state index contributed by atoms with van der Waals surface area (Å²) < 4.78 is 48.4. The van der Waals surface area contributed by atoms with E-state index in [1.165, 1.54) is 6.33 Å². The molecule has 38 heavy (non-hydrogen) atoms. The van der Waals surface area contributed by atoms with Crippen LogP contribution in [0.15, 0.2) is 48.9 Å². The number of likely N-dealkylation sites (N-methyl/N-ethyl adjacent to an activating group) is 1. The van der Waals surface area contributed by atoms with E-state index in [2.05, 4.69) is 25.4 Å². The summed E-state index contributed by atoms with van der Waals surface area (Å²) in [6.07, 6.45) is -2.02. The predicted molar refractivity (Wildman–Crippen MR) is 135 cm³/mol. The first-order valence-electron chi connectivity index (χ1n) is 12.0. The highest BCUT2D eigenvalue weighted by Gasteiger charge is 2.68. The number of ether oxygens (including phenoxy) is 1. The summed E-state index contributed by atoms with van der Waals surface area (Å²) in [6, 6.07) is 11.1. The molecule has 1 amide bonds. The number of aryl methyl sites for hydroxylation is 1. The fraction of sp³-hybridized carbons (Fsp3) is 0.346. The van der Waals surface area contributed by atoms with Crippen LogP contribution in [-0.4, -0.2) is 69.0 Å². The second-order valence-corrected chi connectivity index (χ2v) is 9.54. The summed E-state index contributed by atoms with van der Waals surface area (Å²) in [7, 11) is 5.51. The van der Waals surface area contributed by atoms with E-state index in [-0.39, 0.29) is 31.0 Å². The maximum Gasteiger partial charge on any atom is 0.403 e. The van der Waals surface area contributed by atoms with Crippen LogP contribution in [0.3, 0.4) is 0 Å². The third kappa shape index (κ3) is 4.78. The average Bonchev–Trinajstić information content (AvgIpc) is 3.61. The molecule has 1 saturated carbocycles. The van der Waals surface area contributed by atoms with Gasteiger partial charge in [-0.05, 0) is 26.9 Å². The van der Waals surface area contributed by atoms with Crippen molar-refractivity contribution >= 4 is 22.8 Å². The Balaban J connectivity index is 1.61. The van der Waals surface area contributed by atoms with Crippen molar-refractivity contribution in [2.75, 3.05) is 32.6 Å². The van der Waals surface area contributed by atoms with Crippen LogP contribution in [0.5, 0.6) is 5.75 Å². The minimum atomic E-state index is -4.66. The number of carbonyl (C=O) groups is 1. The van der Waals surface area contributed by atoms with Gasteiger partial charge in [0.2, 0.25) is 5.91 Å². The van der Waals surface area contributed by atoms with Gasteiger partial charge in [0.25, 0.3) is 0 Å². The van der Waals surface area contributed by atoms with Crippen LogP contribution in [0.25, 0.3) is 33.5 Å². The van der Waals surface area contributed by atoms with Gasteiger partial charge >= 0.3 is 6.18 Å². The lowest BCUT2D eigenvalue weighted by molar-refractivity contribution is -0.189. The molecule has 3 aromatic heterocycles. The fourth-order valence-electron chi connectivity index (χ4n) is 4.16. The summed E-state index contributed by atoms with van der Waals surface area (Å²) in [5.41, 5.74) is 0.885. The molecule has 0 bridgehead atoms. The summed E-state index contributed by atoms with van der Waals surface area (Å²) in [5, 5.41) is 6.98. The van der Waals surface area contributed by atoms with Gasteiger partial charge in [-0.25, -0.2) is 15.0 Å². The van der Waals surface area contributed by atoms with Crippen molar-refractivity contribution in [3.05, 3.63) is 48.9 Å². The first-order valence-corrected chi connectivity index (χ1v) is 12.0. The number of pyridine rings is 1. The fourth-order valence-corrected chi connectivity index (χ4v) is 4.16. The van der Waals surface area contributed by atoms with Gasteiger partial charge in [0.05, 0.1) is 5.52 Å². The SMILES string of the molecule is CN(C)CCOc1cc2ncnc(-c3cn(C)nc3-c3ccccc3)c2nc1NC(=O)C1(C(F)(F)F)CC1. The molecule has 1 N–H and O–H groups in total. The van der Waals surface area contributed by atoms with Crippen molar-refractivity contribution in [3.8, 4) is 28.3 Å². The number of benzene rings is 1. The van der Waals surface area contributed by atoms with Crippen LogP contribution >= 0.6 is 0 Å². The molecule has 0 spiro atoms. The summed E-state index contributed by atoms with van der Waals surface area (Å²) in [6.45, 7) is 0.773. The van der Waals surface area contributed by atoms with E-state index in [9.17, 15) is 18.0 Å². The Hall–Kier alpha value is -4.06. The molecule has 0 saturated heterocycles. The molecule has 1 aromatic carbocycles. The average molecular weight is 526 g/mol. The van der Waals surface area contributed by atoms with Crippen LogP contribution < -0.4 is 10.1 Å². The lowest BCUT2D eigenvalue weighted by Crippen LogP contribution is -2.37.